The monoisotopic (exact) mass is 198 g/mol. The Kier molecular flexibility index (Phi) is 7.85. The number of hydrogen-bond donors (Lipinski definition) is 0. The highest BCUT2D eigenvalue weighted by Crippen LogP contribution is 2.15. The van der Waals surface area contributed by atoms with Crippen molar-refractivity contribution in [3.05, 3.63) is 0 Å². The lowest BCUT2D eigenvalue weighted by atomic mass is 10.2. The van der Waals surface area contributed by atoms with Crippen molar-refractivity contribution >= 4 is 12.1 Å². The first-order valence-corrected chi connectivity index (χ1v) is 4.90. The molecular formula is C7H16F2N2S. The van der Waals surface area contributed by atoms with Gasteiger partial charge in [0.05, 0.1) is 16.9 Å². The number of unbranched alkanes of at least 4 members (excludes halogenated alkanes) is 3. The van der Waals surface area contributed by atoms with Crippen molar-refractivity contribution in [1.82, 2.24) is 9.05 Å². The van der Waals surface area contributed by atoms with Crippen molar-refractivity contribution in [2.75, 3.05) is 13.6 Å². The SMILES string of the molecule is CCCCCCN(C)SN(F)F. The lowest BCUT2D eigenvalue weighted by Crippen LogP contribution is -2.13. The minimum atomic E-state index is -0.875. The normalized spacial score (nSPS) is 11.5. The lowest BCUT2D eigenvalue weighted by Gasteiger charge is -2.13. The maximum Gasteiger partial charge on any atom is 0.0974 e. The minimum absolute atomic E-state index is 0.446. The second kappa shape index (κ2) is 7.76. The third kappa shape index (κ3) is 8.23. The Morgan fingerprint density at radius 1 is 1.17 bits per heavy atom. The van der Waals surface area contributed by atoms with Crippen molar-refractivity contribution in [3.8, 4) is 0 Å². The maximum absolute atomic E-state index is 11.6. The Morgan fingerprint density at radius 3 is 2.33 bits per heavy atom. The van der Waals surface area contributed by atoms with E-state index in [1.807, 2.05) is 0 Å². The molecule has 0 aliphatic rings. The zero-order valence-corrected chi connectivity index (χ0v) is 8.41. The predicted molar refractivity (Wildman–Crippen MR) is 48.4 cm³/mol. The van der Waals surface area contributed by atoms with Crippen molar-refractivity contribution in [2.24, 2.45) is 0 Å². The summed E-state index contributed by atoms with van der Waals surface area (Å²) >= 11 is 0.446. The summed E-state index contributed by atoms with van der Waals surface area (Å²) < 4.78 is 23.9. The summed E-state index contributed by atoms with van der Waals surface area (Å²) in [5.41, 5.74) is 0. The highest BCUT2D eigenvalue weighted by atomic mass is 32.2. The molecule has 0 aromatic rings. The molecule has 2 nitrogen and oxygen atoms in total. The highest BCUT2D eigenvalue weighted by Gasteiger charge is 2.05. The van der Waals surface area contributed by atoms with Gasteiger partial charge in [0, 0.05) is 6.54 Å². The van der Waals surface area contributed by atoms with Gasteiger partial charge in [-0.15, -0.1) is 0 Å². The molecule has 5 heteroatoms. The van der Waals surface area contributed by atoms with Crippen LogP contribution in [0.4, 0.5) is 8.96 Å². The van der Waals surface area contributed by atoms with E-state index in [0.29, 0.717) is 12.1 Å². The Balaban J connectivity index is 3.14. The molecule has 0 aromatic heterocycles. The minimum Gasteiger partial charge on any atom is -0.236 e. The van der Waals surface area contributed by atoms with E-state index in [2.05, 4.69) is 6.92 Å². The molecule has 0 radical (unpaired) electrons. The fraction of sp³-hybridized carbons (Fsp3) is 1.00. The van der Waals surface area contributed by atoms with Gasteiger partial charge >= 0.3 is 0 Å². The van der Waals surface area contributed by atoms with Crippen LogP contribution < -0.4 is 0 Å². The summed E-state index contributed by atoms with van der Waals surface area (Å²) in [6.07, 6.45) is 4.48. The summed E-state index contributed by atoms with van der Waals surface area (Å²) in [5.74, 6) is 0. The summed E-state index contributed by atoms with van der Waals surface area (Å²) in [7, 11) is 1.67. The molecule has 0 unspecified atom stereocenters. The van der Waals surface area contributed by atoms with Crippen LogP contribution in [-0.2, 0) is 0 Å². The zero-order chi connectivity index (χ0) is 9.40. The zero-order valence-electron chi connectivity index (χ0n) is 7.59. The van der Waals surface area contributed by atoms with Crippen molar-refractivity contribution in [1.29, 1.82) is 0 Å². The molecule has 0 fully saturated rings. The Bertz CT molecular complexity index is 103. The molecule has 0 amide bonds. The average Bonchev–Trinajstić information content (AvgIpc) is 1.97. The van der Waals surface area contributed by atoms with E-state index in [0.717, 1.165) is 19.4 Å². The topological polar surface area (TPSA) is 6.48 Å². The number of rotatable bonds is 7. The van der Waals surface area contributed by atoms with Crippen LogP contribution in [0.1, 0.15) is 32.6 Å². The molecule has 0 rings (SSSR count). The van der Waals surface area contributed by atoms with Gasteiger partial charge in [0.15, 0.2) is 0 Å². The van der Waals surface area contributed by atoms with Crippen LogP contribution in [0.5, 0.6) is 0 Å². The molecule has 12 heavy (non-hydrogen) atoms. The molecule has 74 valence electrons. The summed E-state index contributed by atoms with van der Waals surface area (Å²) in [4.78, 5) is 0. The third-order valence-corrected chi connectivity index (χ3v) is 2.11. The van der Waals surface area contributed by atoms with Gasteiger partial charge in [0.1, 0.15) is 0 Å². The van der Waals surface area contributed by atoms with E-state index in [1.54, 1.807) is 7.05 Å². The van der Waals surface area contributed by atoms with Crippen LogP contribution in [0, 0.1) is 0 Å². The summed E-state index contributed by atoms with van der Waals surface area (Å²) in [5, 5.41) is 0. The molecule has 0 saturated heterocycles. The van der Waals surface area contributed by atoms with E-state index in [9.17, 15) is 8.96 Å². The van der Waals surface area contributed by atoms with Gasteiger partial charge in [-0.25, -0.2) is 4.31 Å². The number of nitrogens with zero attached hydrogens (tertiary/aromatic N) is 2. The number of hydrogen-bond acceptors (Lipinski definition) is 3. The predicted octanol–water partition coefficient (Wildman–Crippen LogP) is 3.13. The fourth-order valence-electron chi connectivity index (χ4n) is 0.907. The summed E-state index contributed by atoms with van der Waals surface area (Å²) in [6.45, 7) is 2.85. The van der Waals surface area contributed by atoms with E-state index in [-0.39, 0.29) is 0 Å². The smallest absolute Gasteiger partial charge is 0.0974 e. The summed E-state index contributed by atoms with van der Waals surface area (Å²) in [6, 6.07) is 0. The second-order valence-corrected chi connectivity index (χ2v) is 3.76. The largest absolute Gasteiger partial charge is 0.236 e. The van der Waals surface area contributed by atoms with Crippen molar-refractivity contribution in [3.63, 3.8) is 0 Å². The molecule has 0 atom stereocenters. The first-order chi connectivity index (χ1) is 5.66. The van der Waals surface area contributed by atoms with Gasteiger partial charge in [0.25, 0.3) is 0 Å². The van der Waals surface area contributed by atoms with E-state index in [1.165, 1.54) is 17.1 Å². The molecule has 0 spiro atoms. The quantitative estimate of drug-likeness (QED) is 0.352. The van der Waals surface area contributed by atoms with Crippen LogP contribution in [0.25, 0.3) is 0 Å². The third-order valence-electron chi connectivity index (χ3n) is 1.53. The van der Waals surface area contributed by atoms with Gasteiger partial charge in [-0.1, -0.05) is 35.1 Å². The van der Waals surface area contributed by atoms with Crippen LogP contribution in [0.2, 0.25) is 0 Å². The van der Waals surface area contributed by atoms with Crippen molar-refractivity contribution in [2.45, 2.75) is 32.6 Å². The number of halogens is 2. The Morgan fingerprint density at radius 2 is 1.83 bits per heavy atom. The van der Waals surface area contributed by atoms with Gasteiger partial charge in [-0.2, -0.15) is 0 Å². The van der Waals surface area contributed by atoms with E-state index in [4.69, 9.17) is 0 Å². The maximum atomic E-state index is 11.6. The first kappa shape index (κ1) is 12.1. The molecule has 0 saturated carbocycles. The molecule has 0 aliphatic carbocycles. The molecule has 0 aromatic carbocycles. The highest BCUT2D eigenvalue weighted by molar-refractivity contribution is 7.94. The first-order valence-electron chi connectivity index (χ1n) is 4.17. The van der Waals surface area contributed by atoms with Crippen LogP contribution >= 0.6 is 12.1 Å². The molecule has 0 bridgehead atoms. The molecule has 0 N–H and O–H groups in total. The molecular weight excluding hydrogens is 182 g/mol. The van der Waals surface area contributed by atoms with E-state index < -0.39 is 4.75 Å². The van der Waals surface area contributed by atoms with Crippen LogP contribution in [0.15, 0.2) is 0 Å². The lowest BCUT2D eigenvalue weighted by molar-refractivity contribution is -0.0440. The van der Waals surface area contributed by atoms with Gasteiger partial charge in [0.2, 0.25) is 0 Å². The molecule has 0 heterocycles. The molecule has 0 aliphatic heterocycles. The average molecular weight is 198 g/mol. The van der Waals surface area contributed by atoms with Gasteiger partial charge in [-0.05, 0) is 13.5 Å². The Labute approximate surface area is 77.0 Å². The van der Waals surface area contributed by atoms with Gasteiger partial charge < -0.3 is 0 Å². The fourth-order valence-corrected chi connectivity index (χ4v) is 1.33. The second-order valence-electron chi connectivity index (χ2n) is 2.70. The Hall–Kier alpha value is 0.130. The van der Waals surface area contributed by atoms with Gasteiger partial charge in [-0.3, -0.25) is 0 Å². The van der Waals surface area contributed by atoms with Crippen LogP contribution in [0.3, 0.4) is 0 Å². The van der Waals surface area contributed by atoms with Crippen molar-refractivity contribution < 1.29 is 8.96 Å². The van der Waals surface area contributed by atoms with E-state index >= 15 is 0 Å². The standard InChI is InChI=1S/C7H16F2N2S/c1-3-4-5-6-7-10(2)12-11(8)9/h3-7H2,1-2H3. The van der Waals surface area contributed by atoms with Crippen LogP contribution in [-0.4, -0.2) is 22.6 Å².